The topological polar surface area (TPSA) is 149 Å². The minimum atomic E-state index is -1.11. The number of hydrogen-bond acceptors (Lipinski definition) is 6. The summed E-state index contributed by atoms with van der Waals surface area (Å²) in [6.07, 6.45) is -0.805. The van der Waals surface area contributed by atoms with Crippen molar-refractivity contribution in [2.24, 2.45) is 11.0 Å². The molecule has 3 radical (unpaired) electrons. The van der Waals surface area contributed by atoms with Crippen molar-refractivity contribution in [3.05, 3.63) is 28.0 Å². The molecule has 1 heterocycles. The molecule has 0 aliphatic carbocycles. The van der Waals surface area contributed by atoms with Gasteiger partial charge in [0, 0.05) is 149 Å². The van der Waals surface area contributed by atoms with Gasteiger partial charge < -0.3 is 25.4 Å². The molecule has 4 unspecified atom stereocenters. The van der Waals surface area contributed by atoms with E-state index in [9.17, 15) is 9.90 Å². The van der Waals surface area contributed by atoms with Crippen LogP contribution in [-0.2, 0) is 14.3 Å². The van der Waals surface area contributed by atoms with Crippen LogP contribution in [0.3, 0.4) is 0 Å². The number of carbonyl (C=O) groups is 1. The summed E-state index contributed by atoms with van der Waals surface area (Å²) < 4.78 is 9.88. The normalized spacial score (nSPS) is 24.7. The SMILES string of the molecule is COC(=O)C1=CC(N=[N+]=[N-])C([NH-])[C@H](C(C)C(O)CO)O1.[Ac].[Ac].[Ac]. The minimum Gasteiger partial charge on any atom is -0.671 e. The Morgan fingerprint density at radius 3 is 2.57 bits per heavy atom. The van der Waals surface area contributed by atoms with Crippen LogP contribution in [0.2, 0.25) is 0 Å². The number of nitrogens with zero attached hydrogens (tertiary/aromatic N) is 3. The van der Waals surface area contributed by atoms with E-state index in [2.05, 4.69) is 14.8 Å². The number of rotatable bonds is 5. The van der Waals surface area contributed by atoms with Crippen molar-refractivity contribution >= 4 is 5.97 Å². The van der Waals surface area contributed by atoms with Crippen molar-refractivity contribution in [1.29, 1.82) is 0 Å². The summed E-state index contributed by atoms with van der Waals surface area (Å²) in [6, 6.07) is -1.92. The third kappa shape index (κ3) is 8.84. The molecule has 0 saturated heterocycles. The minimum absolute atomic E-state index is 0. The van der Waals surface area contributed by atoms with Gasteiger partial charge in [0.1, 0.15) is 0 Å². The molecule has 0 aromatic heterocycles. The van der Waals surface area contributed by atoms with Gasteiger partial charge in [-0.15, -0.1) is 0 Å². The maximum Gasteiger partial charge on any atom is 0.372 e. The number of methoxy groups -OCH3 is 1. The van der Waals surface area contributed by atoms with Gasteiger partial charge in [-0.2, -0.15) is 0 Å². The molecule has 12 heteroatoms. The number of nitrogens with one attached hydrogen (secondary N) is 1. The fourth-order valence-corrected chi connectivity index (χ4v) is 1.91. The van der Waals surface area contributed by atoms with Crippen LogP contribution < -0.4 is 0 Å². The summed E-state index contributed by atoms with van der Waals surface area (Å²) in [6.45, 7) is 1.07. The maximum absolute atomic E-state index is 11.5. The molecule has 0 fully saturated rings. The maximum atomic E-state index is 11.5. The zero-order valence-corrected chi connectivity index (χ0v) is 27.1. The summed E-state index contributed by atoms with van der Waals surface area (Å²) >= 11 is 0. The molecule has 1 aliphatic heterocycles. The van der Waals surface area contributed by atoms with Gasteiger partial charge in [-0.25, -0.2) is 4.79 Å². The van der Waals surface area contributed by atoms with E-state index in [0.717, 1.165) is 0 Å². The largest absolute Gasteiger partial charge is 0.671 e. The van der Waals surface area contributed by atoms with Crippen LogP contribution in [-0.4, -0.2) is 54.2 Å². The smallest absolute Gasteiger partial charge is 0.372 e. The Morgan fingerprint density at radius 1 is 1.57 bits per heavy atom. The van der Waals surface area contributed by atoms with E-state index < -0.39 is 42.8 Å². The number of aliphatic hydroxyl groups is 2. The first-order chi connectivity index (χ1) is 9.46. The molecule has 0 aromatic rings. The Bertz CT molecular complexity index is 447. The van der Waals surface area contributed by atoms with Crippen molar-refractivity contribution in [2.45, 2.75) is 31.2 Å². The van der Waals surface area contributed by atoms with Crippen LogP contribution in [0.15, 0.2) is 16.9 Å². The standard InChI is InChI=1S/C11H17N4O5.3Ac/c1-5(7(17)4-16)10-9(12)6(14-15-13)3-8(20-10)11(18)19-2;;;/h3,5-7,9-10,12,16-17H,4H2,1-2H3;;;/q-1;;;/t5?,6?,7?,9?,10-;;;/m0.../s1. The fraction of sp³-hybridized carbons (Fsp3) is 0.727. The fourth-order valence-electron chi connectivity index (χ4n) is 1.91. The molecule has 23 heavy (non-hydrogen) atoms. The van der Waals surface area contributed by atoms with E-state index >= 15 is 0 Å². The van der Waals surface area contributed by atoms with Gasteiger partial charge in [0.2, 0.25) is 5.76 Å². The zero-order valence-electron chi connectivity index (χ0n) is 12.9. The Balaban J connectivity index is -0.00000133. The number of ether oxygens (including phenoxy) is 2. The predicted octanol–water partition coefficient (Wildman–Crippen LogP) is 0.531. The molecule has 9 nitrogen and oxygen atoms in total. The zero-order chi connectivity index (χ0) is 15.3. The molecule has 0 bridgehead atoms. The van der Waals surface area contributed by atoms with E-state index in [1.165, 1.54) is 13.2 Å². The second-order valence-corrected chi connectivity index (χ2v) is 4.44. The number of carbonyl (C=O) groups excluding carboxylic acids is 1. The van der Waals surface area contributed by atoms with E-state index in [-0.39, 0.29) is 138 Å². The molecule has 121 valence electrons. The van der Waals surface area contributed by atoms with Crippen LogP contribution in [0.1, 0.15) is 6.92 Å². The third-order valence-electron chi connectivity index (χ3n) is 3.19. The summed E-state index contributed by atoms with van der Waals surface area (Å²) in [5, 5.41) is 22.0. The van der Waals surface area contributed by atoms with Crippen LogP contribution in [0.5, 0.6) is 0 Å². The Hall–Kier alpha value is 2.52. The Labute approximate surface area is 241 Å². The molecule has 5 atom stereocenters. The summed E-state index contributed by atoms with van der Waals surface area (Å²) in [5.41, 5.74) is 16.5. The average molecular weight is 966 g/mol. The van der Waals surface area contributed by atoms with Crippen molar-refractivity contribution < 1.29 is 157 Å². The van der Waals surface area contributed by atoms with Gasteiger partial charge in [-0.3, -0.25) is 0 Å². The number of esters is 1. The average Bonchev–Trinajstić information content (AvgIpc) is 2.47. The number of azide groups is 1. The van der Waals surface area contributed by atoms with Crippen LogP contribution in [0.4, 0.5) is 0 Å². The van der Waals surface area contributed by atoms with Crippen molar-refractivity contribution in [3.63, 3.8) is 0 Å². The van der Waals surface area contributed by atoms with Gasteiger partial charge >= 0.3 is 5.97 Å². The van der Waals surface area contributed by atoms with Gasteiger partial charge in [0.05, 0.1) is 25.9 Å². The van der Waals surface area contributed by atoms with Crippen molar-refractivity contribution in [3.8, 4) is 0 Å². The van der Waals surface area contributed by atoms with E-state index in [4.69, 9.17) is 21.1 Å². The van der Waals surface area contributed by atoms with Crippen LogP contribution in [0, 0.1) is 138 Å². The Morgan fingerprint density at radius 2 is 2.13 bits per heavy atom. The second-order valence-electron chi connectivity index (χ2n) is 4.44. The molecule has 1 aliphatic rings. The summed E-state index contributed by atoms with van der Waals surface area (Å²) in [4.78, 5) is 14.1. The van der Waals surface area contributed by atoms with E-state index in [1.54, 1.807) is 6.92 Å². The predicted molar refractivity (Wildman–Crippen MR) is 68.3 cm³/mol. The molecule has 3 N–H and O–H groups in total. The Kier molecular flexibility index (Phi) is 20.5. The monoisotopic (exact) mass is 966 g/mol. The summed E-state index contributed by atoms with van der Waals surface area (Å²) in [5.74, 6) is -1.56. The first-order valence-corrected chi connectivity index (χ1v) is 5.97. The summed E-state index contributed by atoms with van der Waals surface area (Å²) in [7, 11) is 1.17. The second kappa shape index (κ2) is 15.6. The molecule has 0 spiro atoms. The van der Waals surface area contributed by atoms with Gasteiger partial charge in [0.15, 0.2) is 0 Å². The molecule has 0 saturated carbocycles. The van der Waals surface area contributed by atoms with Crippen LogP contribution in [0.25, 0.3) is 16.2 Å². The van der Waals surface area contributed by atoms with Gasteiger partial charge in [-0.05, 0) is 11.6 Å². The third-order valence-corrected chi connectivity index (χ3v) is 3.19. The quantitative estimate of drug-likeness (QED) is 0.179. The first kappa shape index (κ1) is 30.3. The van der Waals surface area contributed by atoms with E-state index in [0.29, 0.717) is 0 Å². The first-order valence-electron chi connectivity index (χ1n) is 5.97. The van der Waals surface area contributed by atoms with Crippen molar-refractivity contribution in [2.75, 3.05) is 13.7 Å². The molecule has 0 aromatic carbocycles. The van der Waals surface area contributed by atoms with Crippen LogP contribution >= 0.6 is 0 Å². The molecule has 1 rings (SSSR count). The molecular formula is C11H17Ac3N4O5-. The van der Waals surface area contributed by atoms with Gasteiger partial charge in [0.25, 0.3) is 0 Å². The number of aliphatic hydroxyl groups excluding tert-OH is 2. The molecular weight excluding hydrogens is 949 g/mol. The van der Waals surface area contributed by atoms with Gasteiger partial charge in [-0.1, -0.05) is 18.1 Å². The number of hydrogen-bond donors (Lipinski definition) is 2. The molecule has 0 amide bonds. The van der Waals surface area contributed by atoms with Crippen molar-refractivity contribution in [1.82, 2.24) is 0 Å². The van der Waals surface area contributed by atoms with E-state index in [1.807, 2.05) is 0 Å².